The van der Waals surface area contributed by atoms with E-state index in [1.165, 1.54) is 0 Å². The molecule has 0 aromatic heterocycles. The zero-order valence-corrected chi connectivity index (χ0v) is 3.62. The van der Waals surface area contributed by atoms with Crippen molar-refractivity contribution in [2.45, 2.75) is 0 Å². The molecule has 1 amide bonds. The maximum Gasteiger partial charge on any atom is 0.252 e. The van der Waals surface area contributed by atoms with Crippen molar-refractivity contribution in [2.75, 3.05) is 13.6 Å². The van der Waals surface area contributed by atoms with Gasteiger partial charge in [0.1, 0.15) is 0 Å². The fraction of sp³-hybridized carbons (Fsp3) is 0.667. The summed E-state index contributed by atoms with van der Waals surface area (Å²) >= 11 is 0. The van der Waals surface area contributed by atoms with Crippen LogP contribution in [0.5, 0.6) is 0 Å². The van der Waals surface area contributed by atoms with Gasteiger partial charge in [0.05, 0.1) is 6.54 Å². The summed E-state index contributed by atoms with van der Waals surface area (Å²) in [5.41, 5.74) is 6.28. The monoisotopic (exact) mass is 87.1 g/mol. The van der Waals surface area contributed by atoms with Crippen LogP contribution in [0, 0.1) is 0 Å². The van der Waals surface area contributed by atoms with Crippen molar-refractivity contribution in [3.8, 4) is 0 Å². The Balaban J connectivity index is 2.83. The predicted octanol–water partition coefficient (Wildman–Crippen LogP) is -0.985. The first-order chi connectivity index (χ1) is 2.77. The average Bonchev–Trinajstić information content (AvgIpc) is 1.35. The molecule has 6 heavy (non-hydrogen) atoms. The minimum absolute atomic E-state index is 0.153. The van der Waals surface area contributed by atoms with Gasteiger partial charge < -0.3 is 5.32 Å². The molecule has 35 valence electrons. The summed E-state index contributed by atoms with van der Waals surface area (Å²) in [4.78, 5) is 9.65. The number of hydrogen-bond donors (Lipinski definition) is 1. The fourth-order valence-corrected chi connectivity index (χ4v) is 0.161. The summed E-state index contributed by atoms with van der Waals surface area (Å²) in [6, 6.07) is 0. The van der Waals surface area contributed by atoms with Gasteiger partial charge in [-0.05, 0) is 7.05 Å². The third-order valence-corrected chi connectivity index (χ3v) is 0.337. The maximum absolute atomic E-state index is 9.65. The number of carbonyl (C=O) groups excluding carboxylic acids is 1. The van der Waals surface area contributed by atoms with Gasteiger partial charge in [0, 0.05) is 0 Å². The predicted molar refractivity (Wildman–Crippen MR) is 22.0 cm³/mol. The second-order valence-corrected chi connectivity index (χ2v) is 0.954. The lowest BCUT2D eigenvalue weighted by Crippen LogP contribution is -2.18. The van der Waals surface area contributed by atoms with E-state index in [1.54, 1.807) is 7.05 Å². The van der Waals surface area contributed by atoms with Crippen molar-refractivity contribution in [1.29, 1.82) is 0 Å². The number of nitrogens with one attached hydrogen (secondary N) is 2. The third kappa shape index (κ3) is 3.43. The van der Waals surface area contributed by atoms with Crippen LogP contribution in [-0.2, 0) is 4.79 Å². The molecule has 3 heteroatoms. The minimum atomic E-state index is -0.572. The number of rotatable bonds is 2. The normalized spacial score (nSPS) is 8.17. The standard InChI is InChI=1S/C3H7N2O/c1-5-2-3(4)6/h4-5H,2H2,1H3. The quantitative estimate of drug-likeness (QED) is 0.470. The maximum atomic E-state index is 9.65. The molecule has 0 aliphatic heterocycles. The smallest absolute Gasteiger partial charge is 0.252 e. The van der Waals surface area contributed by atoms with Crippen molar-refractivity contribution in [3.63, 3.8) is 0 Å². The molecule has 3 nitrogen and oxygen atoms in total. The molecular weight excluding hydrogens is 80.0 g/mol. The molecule has 2 N–H and O–H groups in total. The molecule has 0 fully saturated rings. The van der Waals surface area contributed by atoms with Crippen molar-refractivity contribution in [2.24, 2.45) is 0 Å². The van der Waals surface area contributed by atoms with E-state index in [0.29, 0.717) is 0 Å². The van der Waals surface area contributed by atoms with Crippen LogP contribution in [0.25, 0.3) is 0 Å². The van der Waals surface area contributed by atoms with Gasteiger partial charge in [0.25, 0.3) is 5.91 Å². The Kier molecular flexibility index (Phi) is 2.40. The lowest BCUT2D eigenvalue weighted by atomic mass is 10.6. The zero-order chi connectivity index (χ0) is 4.99. The number of hydrogen-bond acceptors (Lipinski definition) is 2. The first-order valence-electron chi connectivity index (χ1n) is 1.66. The second-order valence-electron chi connectivity index (χ2n) is 0.954. The molecule has 0 saturated heterocycles. The first kappa shape index (κ1) is 5.43. The van der Waals surface area contributed by atoms with Crippen molar-refractivity contribution < 1.29 is 4.79 Å². The number of carbonyl (C=O) groups is 1. The van der Waals surface area contributed by atoms with Crippen LogP contribution in [0.4, 0.5) is 0 Å². The van der Waals surface area contributed by atoms with Crippen molar-refractivity contribution >= 4 is 5.91 Å². The van der Waals surface area contributed by atoms with Gasteiger partial charge in [-0.1, -0.05) is 0 Å². The van der Waals surface area contributed by atoms with Crippen LogP contribution in [0.3, 0.4) is 0 Å². The minimum Gasteiger partial charge on any atom is -0.311 e. The summed E-state index contributed by atoms with van der Waals surface area (Å²) in [6.45, 7) is 0.153. The highest BCUT2D eigenvalue weighted by atomic mass is 16.1. The summed E-state index contributed by atoms with van der Waals surface area (Å²) in [5, 5.41) is 2.53. The van der Waals surface area contributed by atoms with E-state index in [4.69, 9.17) is 5.73 Å². The Bertz CT molecular complexity index is 52.8. The molecule has 0 heterocycles. The van der Waals surface area contributed by atoms with E-state index < -0.39 is 5.91 Å². The highest BCUT2D eigenvalue weighted by molar-refractivity contribution is 5.74. The van der Waals surface area contributed by atoms with Crippen molar-refractivity contribution in [1.82, 2.24) is 11.1 Å². The summed E-state index contributed by atoms with van der Waals surface area (Å²) in [7, 11) is 1.63. The Morgan fingerprint density at radius 2 is 2.50 bits per heavy atom. The van der Waals surface area contributed by atoms with Crippen LogP contribution in [0.15, 0.2) is 0 Å². The second kappa shape index (κ2) is 2.66. The van der Waals surface area contributed by atoms with Crippen LogP contribution in [0.1, 0.15) is 0 Å². The largest absolute Gasteiger partial charge is 0.311 e. The van der Waals surface area contributed by atoms with Gasteiger partial charge in [0.15, 0.2) is 0 Å². The molecule has 0 rings (SSSR count). The Hall–Kier alpha value is -0.570. The molecule has 0 spiro atoms. The van der Waals surface area contributed by atoms with Gasteiger partial charge in [0.2, 0.25) is 0 Å². The molecule has 0 aromatic rings. The Morgan fingerprint density at radius 3 is 2.50 bits per heavy atom. The van der Waals surface area contributed by atoms with Gasteiger partial charge in [-0.3, -0.25) is 10.5 Å². The highest BCUT2D eigenvalue weighted by Gasteiger charge is 1.84. The molecule has 0 unspecified atom stereocenters. The Morgan fingerprint density at radius 1 is 2.00 bits per heavy atom. The SMILES string of the molecule is CNCC([NH])=O. The van der Waals surface area contributed by atoms with Crippen LogP contribution in [0.2, 0.25) is 0 Å². The van der Waals surface area contributed by atoms with Gasteiger partial charge in [-0.15, -0.1) is 0 Å². The Labute approximate surface area is 36.5 Å². The molecular formula is C3H7N2O. The zero-order valence-electron chi connectivity index (χ0n) is 3.62. The van der Waals surface area contributed by atoms with E-state index in [1.807, 2.05) is 0 Å². The molecule has 0 bridgehead atoms. The highest BCUT2D eigenvalue weighted by Crippen LogP contribution is 1.48. The van der Waals surface area contributed by atoms with Crippen LogP contribution < -0.4 is 11.1 Å². The molecule has 0 atom stereocenters. The molecule has 1 radical (unpaired) electrons. The lowest BCUT2D eigenvalue weighted by Gasteiger charge is -1.83. The number of amides is 1. The molecule has 0 aliphatic rings. The van der Waals surface area contributed by atoms with Crippen LogP contribution >= 0.6 is 0 Å². The summed E-state index contributed by atoms with van der Waals surface area (Å²) < 4.78 is 0. The van der Waals surface area contributed by atoms with Gasteiger partial charge in [-0.2, -0.15) is 0 Å². The van der Waals surface area contributed by atoms with Gasteiger partial charge >= 0.3 is 0 Å². The first-order valence-corrected chi connectivity index (χ1v) is 1.66. The summed E-state index contributed by atoms with van der Waals surface area (Å²) in [6.07, 6.45) is 0. The molecule has 0 saturated carbocycles. The van der Waals surface area contributed by atoms with E-state index in [0.717, 1.165) is 0 Å². The topological polar surface area (TPSA) is 52.9 Å². The third-order valence-electron chi connectivity index (χ3n) is 0.337. The average molecular weight is 87.1 g/mol. The van der Waals surface area contributed by atoms with E-state index in [-0.39, 0.29) is 6.54 Å². The van der Waals surface area contributed by atoms with Crippen molar-refractivity contribution in [3.05, 3.63) is 0 Å². The molecule has 0 aliphatic carbocycles. The van der Waals surface area contributed by atoms with Crippen LogP contribution in [-0.4, -0.2) is 19.5 Å². The molecule has 0 aromatic carbocycles. The van der Waals surface area contributed by atoms with Gasteiger partial charge in [-0.25, -0.2) is 0 Å². The number of likely N-dealkylation sites (N-methyl/N-ethyl adjacent to an activating group) is 1. The lowest BCUT2D eigenvalue weighted by molar-refractivity contribution is -0.117. The van der Waals surface area contributed by atoms with E-state index >= 15 is 0 Å². The fourth-order valence-electron chi connectivity index (χ4n) is 0.161. The van der Waals surface area contributed by atoms with E-state index in [9.17, 15) is 4.79 Å². The van der Waals surface area contributed by atoms with E-state index in [2.05, 4.69) is 5.32 Å². The summed E-state index contributed by atoms with van der Waals surface area (Å²) in [5.74, 6) is -0.572.